The maximum absolute atomic E-state index is 11.7. The van der Waals surface area contributed by atoms with Gasteiger partial charge in [-0.05, 0) is 12.5 Å². The maximum atomic E-state index is 11.7. The van der Waals surface area contributed by atoms with E-state index in [2.05, 4.69) is 9.14 Å². The van der Waals surface area contributed by atoms with Gasteiger partial charge in [-0.3, -0.25) is 4.79 Å². The molecule has 1 aromatic heterocycles. The van der Waals surface area contributed by atoms with Crippen molar-refractivity contribution < 1.29 is 22.7 Å². The lowest BCUT2D eigenvalue weighted by Crippen LogP contribution is -2.40. The first kappa shape index (κ1) is 13.7. The Bertz CT molecular complexity index is 451. The van der Waals surface area contributed by atoms with Gasteiger partial charge in [-0.15, -0.1) is 0 Å². The molecule has 0 aliphatic carbocycles. The highest BCUT2D eigenvalue weighted by atomic mass is 32.2. The fourth-order valence-corrected chi connectivity index (χ4v) is 2.45. The normalized spacial score (nSPS) is 13.5. The summed E-state index contributed by atoms with van der Waals surface area (Å²) >= 11 is 0. The van der Waals surface area contributed by atoms with E-state index in [4.69, 9.17) is 5.11 Å². The van der Waals surface area contributed by atoms with Gasteiger partial charge in [0, 0.05) is 0 Å². The summed E-state index contributed by atoms with van der Waals surface area (Å²) in [6.45, 7) is 1.91. The molecular formula is C10H15NO5S. The predicted octanol–water partition coefficient (Wildman–Crippen LogP) is 1.20. The number of nitrogens with one attached hydrogen (secondary N) is 1. The lowest BCUT2D eigenvalue weighted by molar-refractivity contribution is -0.139. The van der Waals surface area contributed by atoms with Gasteiger partial charge >= 0.3 is 5.97 Å². The molecule has 0 aliphatic rings. The average molecular weight is 261 g/mol. The van der Waals surface area contributed by atoms with Gasteiger partial charge in [0.15, 0.2) is 0 Å². The Kier molecular flexibility index (Phi) is 4.71. The zero-order chi connectivity index (χ0) is 12.9. The summed E-state index contributed by atoms with van der Waals surface area (Å²) in [4.78, 5) is 10.8. The Labute approximate surface area is 99.7 Å². The Balaban J connectivity index is 2.76. The van der Waals surface area contributed by atoms with Gasteiger partial charge in [0.2, 0.25) is 10.0 Å². The van der Waals surface area contributed by atoms with E-state index in [9.17, 15) is 13.2 Å². The molecule has 2 N–H and O–H groups in total. The average Bonchev–Trinajstić information content (AvgIpc) is 2.77. The third-order valence-electron chi connectivity index (χ3n) is 2.25. The molecule has 0 saturated carbocycles. The number of carboxylic acid groups (broad SMARTS) is 1. The van der Waals surface area contributed by atoms with Crippen molar-refractivity contribution in [1.29, 1.82) is 0 Å². The Morgan fingerprint density at radius 1 is 1.59 bits per heavy atom. The number of aliphatic carboxylic acids is 1. The van der Waals surface area contributed by atoms with Crippen molar-refractivity contribution in [3.8, 4) is 0 Å². The van der Waals surface area contributed by atoms with Gasteiger partial charge in [0.05, 0.1) is 6.26 Å². The minimum Gasteiger partial charge on any atom is -0.480 e. The second-order valence-corrected chi connectivity index (χ2v) is 5.33. The quantitative estimate of drug-likeness (QED) is 0.768. The lowest BCUT2D eigenvalue weighted by atomic mass is 10.1. The second-order valence-electron chi connectivity index (χ2n) is 3.61. The van der Waals surface area contributed by atoms with Crippen LogP contribution in [0.15, 0.2) is 27.9 Å². The van der Waals surface area contributed by atoms with Gasteiger partial charge in [0.25, 0.3) is 0 Å². The number of hydrogen-bond acceptors (Lipinski definition) is 4. The minimum absolute atomic E-state index is 0.0692. The van der Waals surface area contributed by atoms with Crippen LogP contribution in [0.25, 0.3) is 0 Å². The summed E-state index contributed by atoms with van der Waals surface area (Å²) in [5.74, 6) is -1.18. The van der Waals surface area contributed by atoms with E-state index in [1.807, 2.05) is 6.92 Å². The third kappa shape index (κ3) is 3.86. The van der Waals surface area contributed by atoms with Crippen LogP contribution in [0, 0.1) is 0 Å². The van der Waals surface area contributed by atoms with Crippen LogP contribution in [0.1, 0.15) is 26.2 Å². The molecule has 0 bridgehead atoms. The zero-order valence-electron chi connectivity index (χ0n) is 9.42. The Morgan fingerprint density at radius 2 is 2.29 bits per heavy atom. The first-order valence-electron chi connectivity index (χ1n) is 5.24. The van der Waals surface area contributed by atoms with Crippen molar-refractivity contribution in [3.63, 3.8) is 0 Å². The molecule has 96 valence electrons. The van der Waals surface area contributed by atoms with E-state index < -0.39 is 22.0 Å². The molecule has 0 fully saturated rings. The van der Waals surface area contributed by atoms with Crippen molar-refractivity contribution in [1.82, 2.24) is 4.72 Å². The summed E-state index contributed by atoms with van der Waals surface area (Å²) in [6.07, 6.45) is 3.99. The van der Waals surface area contributed by atoms with E-state index in [0.717, 1.165) is 12.7 Å². The minimum atomic E-state index is -3.82. The summed E-state index contributed by atoms with van der Waals surface area (Å²) in [7, 11) is -3.82. The standard InChI is InChI=1S/C10H15NO5S/c1-2-3-4-9(10(12)13)11-17(14,15)8-5-6-16-7-8/h5-7,9,11H,2-4H2,1H3,(H,12,13). The van der Waals surface area contributed by atoms with Crippen molar-refractivity contribution in [2.24, 2.45) is 0 Å². The molecule has 17 heavy (non-hydrogen) atoms. The van der Waals surface area contributed by atoms with E-state index in [1.54, 1.807) is 0 Å². The third-order valence-corrected chi connectivity index (χ3v) is 3.69. The van der Waals surface area contributed by atoms with Gasteiger partial charge in [-0.25, -0.2) is 8.42 Å². The number of carboxylic acids is 1. The number of carbonyl (C=O) groups is 1. The molecule has 0 saturated heterocycles. The van der Waals surface area contributed by atoms with E-state index in [1.165, 1.54) is 12.3 Å². The monoisotopic (exact) mass is 261 g/mol. The molecular weight excluding hydrogens is 246 g/mol. The largest absolute Gasteiger partial charge is 0.480 e. The first-order chi connectivity index (χ1) is 7.97. The van der Waals surface area contributed by atoms with Crippen LogP contribution in [-0.2, 0) is 14.8 Å². The fraction of sp³-hybridized carbons (Fsp3) is 0.500. The zero-order valence-corrected chi connectivity index (χ0v) is 10.2. The van der Waals surface area contributed by atoms with Crippen LogP contribution in [0.3, 0.4) is 0 Å². The van der Waals surface area contributed by atoms with Crippen molar-refractivity contribution in [3.05, 3.63) is 18.6 Å². The highest BCUT2D eigenvalue weighted by molar-refractivity contribution is 7.89. The lowest BCUT2D eigenvalue weighted by Gasteiger charge is -2.13. The summed E-state index contributed by atoms with van der Waals surface area (Å²) in [5, 5.41) is 8.91. The summed E-state index contributed by atoms with van der Waals surface area (Å²) in [5.41, 5.74) is 0. The maximum Gasteiger partial charge on any atom is 0.321 e. The van der Waals surface area contributed by atoms with Crippen LogP contribution >= 0.6 is 0 Å². The van der Waals surface area contributed by atoms with Gasteiger partial charge < -0.3 is 9.52 Å². The van der Waals surface area contributed by atoms with E-state index in [0.29, 0.717) is 6.42 Å². The predicted molar refractivity (Wildman–Crippen MR) is 60.0 cm³/mol. The van der Waals surface area contributed by atoms with Crippen LogP contribution in [0.4, 0.5) is 0 Å². The molecule has 0 aliphatic heterocycles. The number of hydrogen-bond donors (Lipinski definition) is 2. The van der Waals surface area contributed by atoms with Gasteiger partial charge in [0.1, 0.15) is 17.2 Å². The second kappa shape index (κ2) is 5.83. The molecule has 0 radical (unpaired) electrons. The smallest absolute Gasteiger partial charge is 0.321 e. The number of furan rings is 1. The number of sulfonamides is 1. The molecule has 7 heteroatoms. The molecule has 0 spiro atoms. The Morgan fingerprint density at radius 3 is 2.76 bits per heavy atom. The molecule has 1 aromatic rings. The highest BCUT2D eigenvalue weighted by Crippen LogP contribution is 2.11. The Hall–Kier alpha value is -1.34. The van der Waals surface area contributed by atoms with Crippen LogP contribution in [0.5, 0.6) is 0 Å². The summed E-state index contributed by atoms with van der Waals surface area (Å²) in [6, 6.07) is 0.163. The molecule has 1 unspecified atom stereocenters. The van der Waals surface area contributed by atoms with E-state index in [-0.39, 0.29) is 11.3 Å². The fourth-order valence-electron chi connectivity index (χ4n) is 1.30. The van der Waals surface area contributed by atoms with Gasteiger partial charge in [-0.2, -0.15) is 4.72 Å². The van der Waals surface area contributed by atoms with Gasteiger partial charge in [-0.1, -0.05) is 19.8 Å². The molecule has 1 heterocycles. The van der Waals surface area contributed by atoms with Crippen LogP contribution in [0.2, 0.25) is 0 Å². The molecule has 1 atom stereocenters. The molecule has 0 amide bonds. The van der Waals surface area contributed by atoms with Crippen molar-refractivity contribution in [2.45, 2.75) is 37.1 Å². The number of unbranched alkanes of at least 4 members (excludes halogenated alkanes) is 1. The van der Waals surface area contributed by atoms with Crippen LogP contribution in [-0.4, -0.2) is 25.5 Å². The molecule has 0 aromatic carbocycles. The first-order valence-corrected chi connectivity index (χ1v) is 6.73. The van der Waals surface area contributed by atoms with Crippen LogP contribution < -0.4 is 4.72 Å². The topological polar surface area (TPSA) is 96.6 Å². The molecule has 6 nitrogen and oxygen atoms in total. The highest BCUT2D eigenvalue weighted by Gasteiger charge is 2.25. The SMILES string of the molecule is CCCCC(NS(=O)(=O)c1ccoc1)C(=O)O. The van der Waals surface area contributed by atoms with Crippen molar-refractivity contribution in [2.75, 3.05) is 0 Å². The molecule has 1 rings (SSSR count). The van der Waals surface area contributed by atoms with Crippen molar-refractivity contribution >= 4 is 16.0 Å². The number of rotatable bonds is 7. The summed E-state index contributed by atoms with van der Waals surface area (Å²) < 4.78 is 30.3. The van der Waals surface area contributed by atoms with E-state index >= 15 is 0 Å².